The van der Waals surface area contributed by atoms with Crippen LogP contribution in [0, 0.1) is 0 Å². The molecule has 0 aliphatic heterocycles. The van der Waals surface area contributed by atoms with Crippen molar-refractivity contribution < 1.29 is 43.8 Å². The van der Waals surface area contributed by atoms with Crippen LogP contribution in [0.15, 0.2) is 0 Å². The molecule has 0 unspecified atom stereocenters. The zero-order valence-electron chi connectivity index (χ0n) is 2.34. The molecule has 0 aliphatic rings. The van der Waals surface area contributed by atoms with Crippen molar-refractivity contribution in [1.82, 2.24) is 0 Å². The number of rotatable bonds is 0. The van der Waals surface area contributed by atoms with E-state index >= 15 is 0 Å². The zero-order chi connectivity index (χ0) is 3.58. The minimum atomic E-state index is -0.667. The molecule has 0 aromatic rings. The number of hydrogen-bond acceptors (Lipinski definition) is 0. The van der Waals surface area contributed by atoms with Crippen LogP contribution in [0.25, 0.3) is 0 Å². The van der Waals surface area contributed by atoms with Gasteiger partial charge in [-0.2, -0.15) is 0 Å². The van der Waals surface area contributed by atoms with Gasteiger partial charge in [0.1, 0.15) is 0 Å². The molecule has 0 aromatic heterocycles. The maximum atomic E-state index is 3.78. The fourth-order valence-corrected chi connectivity index (χ4v) is 0. The molecule has 6 heavy (non-hydrogen) atoms. The Kier molecular flexibility index (Phi) is 28.5. The van der Waals surface area contributed by atoms with Crippen LogP contribution in [0.3, 0.4) is 0 Å². The summed E-state index contributed by atoms with van der Waals surface area (Å²) in [5.41, 5.74) is 0. The Morgan fingerprint density at radius 1 is 1.00 bits per heavy atom. The second-order valence-corrected chi connectivity index (χ2v) is 7.87. The maximum absolute atomic E-state index is 3.78. The summed E-state index contributed by atoms with van der Waals surface area (Å²) in [4.78, 5) is 0. The van der Waals surface area contributed by atoms with Gasteiger partial charge in [-0.25, -0.2) is 0 Å². The zero-order valence-corrected chi connectivity index (χ0v) is 8.16. The van der Waals surface area contributed by atoms with Crippen LogP contribution in [-0.4, -0.2) is 0 Å². The molecule has 0 spiro atoms. The molecule has 0 rings (SSSR count). The van der Waals surface area contributed by atoms with E-state index in [4.69, 9.17) is 0 Å². The fraction of sp³-hybridized carbons (Fsp3) is 0. The van der Waals surface area contributed by atoms with Gasteiger partial charge in [0.2, 0.25) is 0 Å². The third-order valence-corrected chi connectivity index (χ3v) is 0. The van der Waals surface area contributed by atoms with Crippen LogP contribution in [-0.2, 0) is 43.8 Å². The molecule has 0 aliphatic carbocycles. The average Bonchev–Trinajstić information content (AvgIpc) is 0.811. The summed E-state index contributed by atoms with van der Waals surface area (Å²) in [7, 11) is 10.7. The molecule has 42 valence electrons. The van der Waals surface area contributed by atoms with Gasteiger partial charge in [0.05, 0.1) is 0 Å². The van der Waals surface area contributed by atoms with Crippen LogP contribution in [0.1, 0.15) is 0 Å². The molecule has 1 radical (unpaired) electrons. The van der Waals surface area contributed by atoms with Gasteiger partial charge in [-0.15, -0.1) is 0 Å². The fourth-order valence-electron chi connectivity index (χ4n) is 0. The summed E-state index contributed by atoms with van der Waals surface area (Å²) in [6.07, 6.45) is 0. The third kappa shape index (κ3) is 29.1. The summed E-state index contributed by atoms with van der Waals surface area (Å²) in [5, 5.41) is 0. The summed E-state index contributed by atoms with van der Waals surface area (Å²) in [5.74, 6) is 0. The van der Waals surface area contributed by atoms with Crippen molar-refractivity contribution in [3.05, 3.63) is 0 Å². The van der Waals surface area contributed by atoms with E-state index in [9.17, 15) is 0 Å². The summed E-state index contributed by atoms with van der Waals surface area (Å²) in [6.45, 7) is 0. The molecule has 0 atom stereocenters. The van der Waals surface area contributed by atoms with Crippen molar-refractivity contribution in [2.75, 3.05) is 0 Å². The van der Waals surface area contributed by atoms with Gasteiger partial charge in [0.15, 0.2) is 0 Å². The topological polar surface area (TPSA) is 0 Å². The van der Waals surface area contributed by atoms with Crippen LogP contribution in [0.4, 0.5) is 0 Å². The van der Waals surface area contributed by atoms with E-state index in [0.29, 0.717) is 0 Å². The first-order valence-electron chi connectivity index (χ1n) is 0.474. The minimum absolute atomic E-state index is 0. The van der Waals surface area contributed by atoms with E-state index in [1.165, 1.54) is 0 Å². The van der Waals surface area contributed by atoms with Gasteiger partial charge in [-0.1, -0.05) is 0 Å². The molecular weight excluding hydrogens is 266 g/mol. The molecular formula is CoFeNiP3. The normalized spacial score (nSPS) is 3.50. The molecule has 6 heteroatoms. The predicted octanol–water partition coefficient (Wildman–Crippen LogP) is 2.58. The SMILES string of the molecule is [Co].[Ni].[P]#[Fe](#[P])#[P]. The Bertz CT molecular complexity index is 226. The van der Waals surface area contributed by atoms with Gasteiger partial charge >= 0.3 is 32.3 Å². The van der Waals surface area contributed by atoms with Crippen LogP contribution < -0.4 is 0 Å². The second kappa shape index (κ2) is 10.7. The first-order chi connectivity index (χ1) is 1.73. The molecule has 0 aromatic carbocycles. The molecule has 0 nitrogen and oxygen atoms in total. The first kappa shape index (κ1) is 15.9. The monoisotopic (exact) mass is 266 g/mol. The van der Waals surface area contributed by atoms with Crippen molar-refractivity contribution in [2.24, 2.45) is 0 Å². The molecule has 0 bridgehead atoms. The second-order valence-electron chi connectivity index (χ2n) is 0.212. The van der Waals surface area contributed by atoms with E-state index in [1.54, 1.807) is 0 Å². The van der Waals surface area contributed by atoms with Crippen molar-refractivity contribution in [3.63, 3.8) is 0 Å². The molecule has 0 N–H and O–H groups in total. The Labute approximate surface area is 65.2 Å². The summed E-state index contributed by atoms with van der Waals surface area (Å²) < 4.78 is 0. The molecule has 0 heterocycles. The van der Waals surface area contributed by atoms with Crippen molar-refractivity contribution in [3.8, 4) is 0 Å². The van der Waals surface area contributed by atoms with E-state index < -0.39 is 10.5 Å². The van der Waals surface area contributed by atoms with E-state index in [2.05, 4.69) is 21.8 Å². The molecule has 0 fully saturated rings. The Balaban J connectivity index is -0.0000000450. The predicted molar refractivity (Wildman–Crippen MR) is 20.8 cm³/mol. The van der Waals surface area contributed by atoms with Crippen LogP contribution in [0.2, 0.25) is 0 Å². The summed E-state index contributed by atoms with van der Waals surface area (Å²) >= 11 is 0. The third-order valence-electron chi connectivity index (χ3n) is 0. The van der Waals surface area contributed by atoms with Gasteiger partial charge < -0.3 is 0 Å². The quantitative estimate of drug-likeness (QED) is 0.467. The van der Waals surface area contributed by atoms with Crippen LogP contribution in [0.5, 0.6) is 0 Å². The Morgan fingerprint density at radius 2 is 1.00 bits per heavy atom. The van der Waals surface area contributed by atoms with E-state index in [0.717, 1.165) is 0 Å². The van der Waals surface area contributed by atoms with Gasteiger partial charge in [-0.05, 0) is 0 Å². The van der Waals surface area contributed by atoms with Crippen LogP contribution >= 0.6 is 21.8 Å². The van der Waals surface area contributed by atoms with Gasteiger partial charge in [-0.3, -0.25) is 0 Å². The van der Waals surface area contributed by atoms with Gasteiger partial charge in [0, 0.05) is 33.3 Å². The molecule has 0 amide bonds. The van der Waals surface area contributed by atoms with Crippen molar-refractivity contribution >= 4 is 21.8 Å². The summed E-state index contributed by atoms with van der Waals surface area (Å²) in [6, 6.07) is 0. The van der Waals surface area contributed by atoms with E-state index in [-0.39, 0.29) is 33.3 Å². The van der Waals surface area contributed by atoms with Gasteiger partial charge in [0.25, 0.3) is 0 Å². The molecule has 0 saturated carbocycles. The average molecular weight is 266 g/mol. The number of hydrogen-bond donors (Lipinski definition) is 0. The standard InChI is InChI=1S/Co.Fe.Ni.3P. The van der Waals surface area contributed by atoms with E-state index in [1.807, 2.05) is 0 Å². The Hall–Kier alpha value is 2.81. The van der Waals surface area contributed by atoms with Crippen molar-refractivity contribution in [1.29, 1.82) is 0 Å². The molecule has 0 saturated heterocycles. The Morgan fingerprint density at radius 3 is 1.00 bits per heavy atom. The van der Waals surface area contributed by atoms with Crippen molar-refractivity contribution in [2.45, 2.75) is 0 Å². The first-order valence-corrected chi connectivity index (χ1v) is 5.87.